The second-order valence-corrected chi connectivity index (χ2v) is 7.77. The molecule has 0 aliphatic heterocycles. The minimum Gasteiger partial charge on any atom is -0.462 e. The number of hydrogen-bond acceptors (Lipinski definition) is 5. The van der Waals surface area contributed by atoms with Crippen molar-refractivity contribution in [1.82, 2.24) is 10.3 Å². The van der Waals surface area contributed by atoms with Gasteiger partial charge >= 0.3 is 5.97 Å². The van der Waals surface area contributed by atoms with Crippen LogP contribution >= 0.6 is 0 Å². The number of fused-ring (bicyclic) bond motifs is 4. The van der Waals surface area contributed by atoms with E-state index in [1.54, 1.807) is 19.9 Å². The van der Waals surface area contributed by atoms with Crippen molar-refractivity contribution >= 4 is 22.8 Å². The molecular formula is C20H24N2O4. The highest BCUT2D eigenvalue weighted by Crippen LogP contribution is 2.41. The first-order valence-corrected chi connectivity index (χ1v) is 9.40. The molecule has 1 atom stereocenters. The third-order valence-corrected chi connectivity index (χ3v) is 5.62. The SMILES string of the molecule is CC(C)OC(=O)c1coc2cnc(C(=O)NC3CC4CCC3CC4)cc12. The van der Waals surface area contributed by atoms with Gasteiger partial charge in [-0.25, -0.2) is 9.78 Å². The molecule has 5 rings (SSSR count). The van der Waals surface area contributed by atoms with Gasteiger partial charge in [0.15, 0.2) is 5.58 Å². The second kappa shape index (κ2) is 6.74. The van der Waals surface area contributed by atoms with Crippen LogP contribution in [0, 0.1) is 11.8 Å². The van der Waals surface area contributed by atoms with Gasteiger partial charge in [0.2, 0.25) is 0 Å². The average Bonchev–Trinajstić information content (AvgIpc) is 3.05. The van der Waals surface area contributed by atoms with Gasteiger partial charge in [0.1, 0.15) is 17.5 Å². The van der Waals surface area contributed by atoms with Crippen molar-refractivity contribution in [3.8, 4) is 0 Å². The molecule has 3 saturated carbocycles. The number of ether oxygens (including phenoxy) is 1. The molecule has 3 fully saturated rings. The lowest BCUT2D eigenvalue weighted by molar-refractivity contribution is 0.0379. The number of hydrogen-bond donors (Lipinski definition) is 1. The molecule has 2 heterocycles. The Bertz CT molecular complexity index is 833. The maximum absolute atomic E-state index is 12.7. The molecule has 0 saturated heterocycles. The number of nitrogens with one attached hydrogen (secondary N) is 1. The van der Waals surface area contributed by atoms with Gasteiger partial charge in [-0.15, -0.1) is 0 Å². The lowest BCUT2D eigenvalue weighted by Gasteiger charge is -2.42. The predicted molar refractivity (Wildman–Crippen MR) is 95.9 cm³/mol. The first-order valence-electron chi connectivity index (χ1n) is 9.40. The van der Waals surface area contributed by atoms with Crippen LogP contribution in [0.25, 0.3) is 11.0 Å². The summed E-state index contributed by atoms with van der Waals surface area (Å²) in [6.45, 7) is 3.58. The number of carbonyl (C=O) groups excluding carboxylic acids is 2. The Hall–Kier alpha value is -2.37. The van der Waals surface area contributed by atoms with E-state index in [0.29, 0.717) is 28.1 Å². The summed E-state index contributed by atoms with van der Waals surface area (Å²) < 4.78 is 10.6. The summed E-state index contributed by atoms with van der Waals surface area (Å²) in [6.07, 6.45) is 8.68. The van der Waals surface area contributed by atoms with E-state index in [0.717, 1.165) is 12.3 Å². The van der Waals surface area contributed by atoms with E-state index < -0.39 is 5.97 Å². The zero-order chi connectivity index (χ0) is 18.3. The molecule has 138 valence electrons. The number of rotatable bonds is 4. The zero-order valence-corrected chi connectivity index (χ0v) is 15.2. The van der Waals surface area contributed by atoms with Gasteiger partial charge in [0, 0.05) is 11.4 Å². The summed E-state index contributed by atoms with van der Waals surface area (Å²) in [5.74, 6) is 0.680. The van der Waals surface area contributed by atoms with Gasteiger partial charge in [-0.2, -0.15) is 0 Å². The molecule has 0 radical (unpaired) electrons. The summed E-state index contributed by atoms with van der Waals surface area (Å²) in [5, 5.41) is 3.71. The quantitative estimate of drug-likeness (QED) is 0.845. The minimum atomic E-state index is -0.458. The number of nitrogens with zero attached hydrogens (tertiary/aromatic N) is 1. The van der Waals surface area contributed by atoms with Gasteiger partial charge in [-0.05, 0) is 51.0 Å². The third-order valence-electron chi connectivity index (χ3n) is 5.62. The largest absolute Gasteiger partial charge is 0.462 e. The second-order valence-electron chi connectivity index (χ2n) is 7.77. The number of amides is 1. The maximum atomic E-state index is 12.7. The van der Waals surface area contributed by atoms with Crippen molar-refractivity contribution < 1.29 is 18.7 Å². The lowest BCUT2D eigenvalue weighted by Crippen LogP contribution is -2.47. The van der Waals surface area contributed by atoms with Crippen molar-refractivity contribution in [2.24, 2.45) is 11.8 Å². The highest BCUT2D eigenvalue weighted by molar-refractivity contribution is 6.05. The fraction of sp³-hybridized carbons (Fsp3) is 0.550. The third kappa shape index (κ3) is 3.20. The van der Waals surface area contributed by atoms with Crippen LogP contribution in [-0.4, -0.2) is 29.0 Å². The smallest absolute Gasteiger partial charge is 0.342 e. The molecule has 6 nitrogen and oxygen atoms in total. The molecule has 6 heteroatoms. The number of furan rings is 1. The Balaban J connectivity index is 1.54. The molecule has 26 heavy (non-hydrogen) atoms. The summed E-state index contributed by atoms with van der Waals surface area (Å²) in [6, 6.07) is 1.86. The van der Waals surface area contributed by atoms with E-state index >= 15 is 0 Å². The minimum absolute atomic E-state index is 0.186. The summed E-state index contributed by atoms with van der Waals surface area (Å²) in [4.78, 5) is 29.1. The predicted octanol–water partition coefficient (Wildman–Crippen LogP) is 3.70. The van der Waals surface area contributed by atoms with Gasteiger partial charge in [0.25, 0.3) is 5.91 Å². The number of carbonyl (C=O) groups is 2. The van der Waals surface area contributed by atoms with Crippen LogP contribution in [0.4, 0.5) is 0 Å². The Kier molecular flexibility index (Phi) is 4.42. The van der Waals surface area contributed by atoms with Crippen LogP contribution in [0.3, 0.4) is 0 Å². The fourth-order valence-corrected chi connectivity index (χ4v) is 4.29. The molecular weight excluding hydrogens is 332 g/mol. The Morgan fingerprint density at radius 1 is 1.27 bits per heavy atom. The van der Waals surface area contributed by atoms with Gasteiger partial charge < -0.3 is 14.5 Å². The molecule has 2 aromatic heterocycles. The number of esters is 1. The van der Waals surface area contributed by atoms with Crippen molar-refractivity contribution in [2.45, 2.75) is 58.1 Å². The monoisotopic (exact) mass is 356 g/mol. The Morgan fingerprint density at radius 3 is 2.69 bits per heavy atom. The highest BCUT2D eigenvalue weighted by Gasteiger charge is 2.36. The lowest BCUT2D eigenvalue weighted by atomic mass is 9.68. The van der Waals surface area contributed by atoms with Crippen LogP contribution in [-0.2, 0) is 4.74 Å². The molecule has 0 spiro atoms. The van der Waals surface area contributed by atoms with Gasteiger partial charge in [0.05, 0.1) is 12.3 Å². The van der Waals surface area contributed by atoms with Crippen LogP contribution < -0.4 is 5.32 Å². The molecule has 3 aliphatic rings. The Morgan fingerprint density at radius 2 is 2.04 bits per heavy atom. The normalized spacial score (nSPS) is 24.8. The van der Waals surface area contributed by atoms with Crippen LogP contribution in [0.5, 0.6) is 0 Å². The standard InChI is InChI=1S/C20H24N2O4/c1-11(2)26-20(24)15-10-25-18-9-21-17(8-14(15)18)19(23)22-16-7-12-3-5-13(16)6-4-12/h8-13,16H,3-7H2,1-2H3,(H,22,23). The molecule has 3 aliphatic carbocycles. The number of aromatic nitrogens is 1. The maximum Gasteiger partial charge on any atom is 0.342 e. The van der Waals surface area contributed by atoms with E-state index in [2.05, 4.69) is 10.3 Å². The van der Waals surface area contributed by atoms with Crippen molar-refractivity contribution in [1.29, 1.82) is 0 Å². The molecule has 2 aromatic rings. The fourth-order valence-electron chi connectivity index (χ4n) is 4.29. The number of pyridine rings is 1. The van der Waals surface area contributed by atoms with Crippen LogP contribution in [0.1, 0.15) is 66.8 Å². The topological polar surface area (TPSA) is 81.4 Å². The summed E-state index contributed by atoms with van der Waals surface area (Å²) in [5.41, 5.74) is 1.09. The van der Waals surface area contributed by atoms with Gasteiger partial charge in [-0.1, -0.05) is 12.8 Å². The molecule has 1 N–H and O–H groups in total. The van der Waals surface area contributed by atoms with Crippen molar-refractivity contribution in [2.75, 3.05) is 0 Å². The van der Waals surface area contributed by atoms with E-state index in [1.807, 2.05) is 0 Å². The first-order chi connectivity index (χ1) is 12.5. The zero-order valence-electron chi connectivity index (χ0n) is 15.2. The summed E-state index contributed by atoms with van der Waals surface area (Å²) >= 11 is 0. The summed E-state index contributed by atoms with van der Waals surface area (Å²) in [7, 11) is 0. The van der Waals surface area contributed by atoms with Gasteiger partial charge in [-0.3, -0.25) is 4.79 Å². The van der Waals surface area contributed by atoms with E-state index in [1.165, 1.54) is 38.1 Å². The first kappa shape index (κ1) is 17.1. The van der Waals surface area contributed by atoms with Crippen LogP contribution in [0.2, 0.25) is 0 Å². The Labute approximate surface area is 152 Å². The van der Waals surface area contributed by atoms with Crippen molar-refractivity contribution in [3.05, 3.63) is 29.8 Å². The average molecular weight is 356 g/mol. The molecule has 2 bridgehead atoms. The van der Waals surface area contributed by atoms with Crippen molar-refractivity contribution in [3.63, 3.8) is 0 Å². The van der Waals surface area contributed by atoms with E-state index in [4.69, 9.17) is 9.15 Å². The van der Waals surface area contributed by atoms with Crippen LogP contribution in [0.15, 0.2) is 22.9 Å². The highest BCUT2D eigenvalue weighted by atomic mass is 16.5. The molecule has 0 aromatic carbocycles. The van der Waals surface area contributed by atoms with E-state index in [9.17, 15) is 9.59 Å². The molecule has 1 unspecified atom stereocenters. The molecule has 1 amide bonds. The van der Waals surface area contributed by atoms with E-state index in [-0.39, 0.29) is 18.1 Å².